The summed E-state index contributed by atoms with van der Waals surface area (Å²) in [6, 6.07) is 6.52. The molecule has 0 unspecified atom stereocenters. The minimum atomic E-state index is -4.34. The molecule has 0 radical (unpaired) electrons. The van der Waals surface area contributed by atoms with Gasteiger partial charge < -0.3 is 25.0 Å². The van der Waals surface area contributed by atoms with Crippen LogP contribution in [0.15, 0.2) is 29.3 Å². The number of rotatable bonds is 7. The molecule has 1 aromatic carbocycles. The van der Waals surface area contributed by atoms with Crippen LogP contribution in [0.1, 0.15) is 18.4 Å². The highest BCUT2D eigenvalue weighted by molar-refractivity contribution is 14.0. The minimum absolute atomic E-state index is 0. The number of nitrogens with zero attached hydrogens (tertiary/aromatic N) is 2. The van der Waals surface area contributed by atoms with Gasteiger partial charge in [-0.25, -0.2) is 0 Å². The number of benzene rings is 1. The number of likely N-dealkylation sites (N-methyl/N-ethyl adjacent to an activating group) is 1. The van der Waals surface area contributed by atoms with Gasteiger partial charge in [-0.15, -0.1) is 24.0 Å². The van der Waals surface area contributed by atoms with Gasteiger partial charge in [0.15, 0.2) is 12.6 Å². The predicted molar refractivity (Wildman–Crippen MR) is 118 cm³/mol. The largest absolute Gasteiger partial charge is 0.484 e. The van der Waals surface area contributed by atoms with E-state index < -0.39 is 12.8 Å². The zero-order valence-corrected chi connectivity index (χ0v) is 19.3. The molecule has 0 bridgehead atoms. The minimum Gasteiger partial charge on any atom is -0.484 e. The predicted octanol–water partition coefficient (Wildman–Crippen LogP) is 3.02. The first-order chi connectivity index (χ1) is 13.2. The fourth-order valence-corrected chi connectivity index (χ4v) is 3.06. The van der Waals surface area contributed by atoms with Crippen LogP contribution in [0, 0.1) is 0 Å². The van der Waals surface area contributed by atoms with Gasteiger partial charge in [0.2, 0.25) is 0 Å². The number of nitrogens with one attached hydrogen (secondary N) is 2. The van der Waals surface area contributed by atoms with Gasteiger partial charge in [0.05, 0.1) is 0 Å². The quantitative estimate of drug-likeness (QED) is 0.323. The summed E-state index contributed by atoms with van der Waals surface area (Å²) in [5.41, 5.74) is 0.934. The zero-order valence-electron chi connectivity index (χ0n) is 17.0. The van der Waals surface area contributed by atoms with E-state index in [1.165, 1.54) is 12.1 Å². The molecule has 1 aliphatic heterocycles. The average molecular weight is 530 g/mol. The summed E-state index contributed by atoms with van der Waals surface area (Å²) in [4.78, 5) is 6.48. The third-order valence-corrected chi connectivity index (χ3v) is 4.97. The number of aliphatic imine (C=N–C) groups is 1. The first-order valence-corrected chi connectivity index (χ1v) is 9.22. The van der Waals surface area contributed by atoms with E-state index in [1.54, 1.807) is 19.2 Å². The molecule has 0 atom stereocenters. The molecule has 6 nitrogen and oxygen atoms in total. The molecule has 1 fully saturated rings. The van der Waals surface area contributed by atoms with Gasteiger partial charge in [0.1, 0.15) is 5.75 Å². The summed E-state index contributed by atoms with van der Waals surface area (Å²) < 4.78 is 46.8. The molecule has 1 saturated heterocycles. The van der Waals surface area contributed by atoms with Crippen LogP contribution < -0.4 is 15.4 Å². The van der Waals surface area contributed by atoms with Gasteiger partial charge >= 0.3 is 6.18 Å². The normalized spacial score (nSPS) is 16.9. The smallest absolute Gasteiger partial charge is 0.422 e. The van der Waals surface area contributed by atoms with Crippen molar-refractivity contribution >= 4 is 29.9 Å². The molecule has 1 aliphatic rings. The molecule has 10 heteroatoms. The Morgan fingerprint density at radius 2 is 1.79 bits per heavy atom. The summed E-state index contributed by atoms with van der Waals surface area (Å²) in [6.07, 6.45) is -2.44. The van der Waals surface area contributed by atoms with Crippen molar-refractivity contribution in [2.45, 2.75) is 31.1 Å². The molecule has 1 aromatic rings. The summed E-state index contributed by atoms with van der Waals surface area (Å²) >= 11 is 0. The Labute approximate surface area is 187 Å². The maximum Gasteiger partial charge on any atom is 0.422 e. The Morgan fingerprint density at radius 1 is 1.17 bits per heavy atom. The van der Waals surface area contributed by atoms with E-state index in [-0.39, 0.29) is 35.3 Å². The second kappa shape index (κ2) is 11.8. The van der Waals surface area contributed by atoms with Crippen LogP contribution in [0.4, 0.5) is 13.2 Å². The van der Waals surface area contributed by atoms with Gasteiger partial charge in [-0.2, -0.15) is 13.2 Å². The van der Waals surface area contributed by atoms with E-state index in [4.69, 9.17) is 9.47 Å². The monoisotopic (exact) mass is 530 g/mol. The van der Waals surface area contributed by atoms with Gasteiger partial charge in [-0.3, -0.25) is 4.99 Å². The average Bonchev–Trinajstić information content (AvgIpc) is 2.67. The van der Waals surface area contributed by atoms with E-state index in [0.717, 1.165) is 38.2 Å². The number of ether oxygens (including phenoxy) is 2. The van der Waals surface area contributed by atoms with E-state index in [0.29, 0.717) is 12.5 Å². The molecule has 0 spiro atoms. The molecule has 2 N–H and O–H groups in total. The molecule has 0 aliphatic carbocycles. The standard InChI is InChI=1S/C19H29F3N4O2.HI/c1-23-17(25-13-18(26(2)3)8-10-27-11-9-18)24-12-15-4-6-16(7-5-15)28-14-19(20,21)22;/h4-7H,8-14H2,1-3H3,(H2,23,24,25);1H. The van der Waals surface area contributed by atoms with Crippen molar-refractivity contribution in [2.75, 3.05) is 47.5 Å². The lowest BCUT2D eigenvalue weighted by Gasteiger charge is -2.43. The van der Waals surface area contributed by atoms with Crippen molar-refractivity contribution in [3.63, 3.8) is 0 Å². The van der Waals surface area contributed by atoms with Crippen LogP contribution in [-0.4, -0.2) is 70.1 Å². The van der Waals surface area contributed by atoms with Crippen molar-refractivity contribution < 1.29 is 22.6 Å². The number of alkyl halides is 3. The molecular weight excluding hydrogens is 500 g/mol. The lowest BCUT2D eigenvalue weighted by molar-refractivity contribution is -0.153. The summed E-state index contributed by atoms with van der Waals surface area (Å²) in [7, 11) is 5.85. The Hall–Kier alpha value is -1.27. The molecule has 166 valence electrons. The number of guanidine groups is 1. The maximum atomic E-state index is 12.2. The number of hydrogen-bond acceptors (Lipinski definition) is 4. The Bertz CT molecular complexity index is 633. The molecule has 0 saturated carbocycles. The van der Waals surface area contributed by atoms with Crippen molar-refractivity contribution in [1.82, 2.24) is 15.5 Å². The summed E-state index contributed by atoms with van der Waals surface area (Å²) in [5.74, 6) is 0.862. The summed E-state index contributed by atoms with van der Waals surface area (Å²) in [5, 5.41) is 6.60. The Balaban J connectivity index is 0.00000420. The van der Waals surface area contributed by atoms with Crippen LogP contribution in [0.25, 0.3) is 0 Å². The fourth-order valence-electron chi connectivity index (χ4n) is 3.06. The van der Waals surface area contributed by atoms with Gasteiger partial charge in [0.25, 0.3) is 0 Å². The van der Waals surface area contributed by atoms with Crippen LogP contribution in [0.2, 0.25) is 0 Å². The molecule has 1 heterocycles. The highest BCUT2D eigenvalue weighted by Crippen LogP contribution is 2.25. The topological polar surface area (TPSA) is 58.1 Å². The van der Waals surface area contributed by atoms with Gasteiger partial charge in [-0.1, -0.05) is 12.1 Å². The van der Waals surface area contributed by atoms with Crippen LogP contribution in [0.5, 0.6) is 5.75 Å². The fraction of sp³-hybridized carbons (Fsp3) is 0.632. The van der Waals surface area contributed by atoms with Crippen molar-refractivity contribution in [3.8, 4) is 5.75 Å². The van der Waals surface area contributed by atoms with E-state index in [1.807, 2.05) is 0 Å². The molecule has 2 rings (SSSR count). The lowest BCUT2D eigenvalue weighted by atomic mass is 9.88. The van der Waals surface area contributed by atoms with Crippen molar-refractivity contribution in [3.05, 3.63) is 29.8 Å². The number of hydrogen-bond donors (Lipinski definition) is 2. The molecule has 29 heavy (non-hydrogen) atoms. The van der Waals surface area contributed by atoms with E-state index in [9.17, 15) is 13.2 Å². The SMILES string of the molecule is CN=C(NCc1ccc(OCC(F)(F)F)cc1)NCC1(N(C)C)CCOCC1.I. The molecule has 0 amide bonds. The van der Waals surface area contributed by atoms with E-state index >= 15 is 0 Å². The van der Waals surface area contributed by atoms with Crippen LogP contribution >= 0.6 is 24.0 Å². The Morgan fingerprint density at radius 3 is 2.31 bits per heavy atom. The maximum absolute atomic E-state index is 12.2. The second-order valence-electron chi connectivity index (χ2n) is 7.06. The molecule has 0 aromatic heterocycles. The first kappa shape index (κ1) is 25.8. The van der Waals surface area contributed by atoms with Gasteiger partial charge in [-0.05, 0) is 44.6 Å². The highest BCUT2D eigenvalue weighted by Gasteiger charge is 2.34. The number of halogens is 4. The summed E-state index contributed by atoms with van der Waals surface area (Å²) in [6.45, 7) is 1.44. The lowest BCUT2D eigenvalue weighted by Crippen LogP contribution is -2.57. The highest BCUT2D eigenvalue weighted by atomic mass is 127. The Kier molecular flexibility index (Phi) is 10.5. The van der Waals surface area contributed by atoms with E-state index in [2.05, 4.69) is 34.6 Å². The van der Waals surface area contributed by atoms with Gasteiger partial charge in [0, 0.05) is 38.9 Å². The third kappa shape index (κ3) is 8.55. The first-order valence-electron chi connectivity index (χ1n) is 9.22. The second-order valence-corrected chi connectivity index (χ2v) is 7.06. The third-order valence-electron chi connectivity index (χ3n) is 4.97. The van der Waals surface area contributed by atoms with Crippen LogP contribution in [-0.2, 0) is 11.3 Å². The van der Waals surface area contributed by atoms with Crippen LogP contribution in [0.3, 0.4) is 0 Å². The van der Waals surface area contributed by atoms with Crippen molar-refractivity contribution in [1.29, 1.82) is 0 Å². The van der Waals surface area contributed by atoms with Crippen molar-refractivity contribution in [2.24, 2.45) is 4.99 Å². The molecular formula is C19H30F3IN4O2. The zero-order chi connectivity index (χ0) is 20.6.